The molecule has 0 aromatic heterocycles. The molecule has 0 spiro atoms. The summed E-state index contributed by atoms with van der Waals surface area (Å²) in [6, 6.07) is 15.1. The van der Waals surface area contributed by atoms with Crippen LogP contribution in [0.5, 0.6) is 0 Å². The number of methoxy groups -OCH3 is 1. The number of nitrogens with zero attached hydrogens (tertiary/aromatic N) is 1. The molecule has 0 bridgehead atoms. The molecule has 248 valence electrons. The number of imide groups is 1. The van der Waals surface area contributed by atoms with Crippen molar-refractivity contribution in [1.82, 2.24) is 4.90 Å². The zero-order chi connectivity index (χ0) is 33.6. The molecule has 12 heteroatoms. The number of aryl methyl sites for hydroxylation is 1. The SMILES string of the molecule is CO[C@H](C(=O)N1C(=O)O[C@H](c2ccccc2)[C@@H]1C)[C@H](OC(C)=O)C(=O)C=C(C(=O)CCCOCCOCCO)c1cccc(C)c1. The molecule has 2 amide bonds. The van der Waals surface area contributed by atoms with Gasteiger partial charge in [-0.15, -0.1) is 0 Å². The Morgan fingerprint density at radius 1 is 0.978 bits per heavy atom. The van der Waals surface area contributed by atoms with Crippen molar-refractivity contribution in [2.24, 2.45) is 0 Å². The first-order chi connectivity index (χ1) is 22.1. The molecule has 1 fully saturated rings. The Morgan fingerprint density at radius 3 is 2.30 bits per heavy atom. The van der Waals surface area contributed by atoms with E-state index in [0.717, 1.165) is 30.6 Å². The molecular formula is C34H41NO11. The molecule has 1 saturated heterocycles. The number of aliphatic hydroxyl groups is 1. The Kier molecular flexibility index (Phi) is 14.2. The number of rotatable bonds is 18. The van der Waals surface area contributed by atoms with Crippen molar-refractivity contribution in [3.63, 3.8) is 0 Å². The van der Waals surface area contributed by atoms with Crippen molar-refractivity contribution in [2.45, 2.75) is 58.0 Å². The fourth-order valence-corrected chi connectivity index (χ4v) is 5.00. The number of esters is 1. The third-order valence-electron chi connectivity index (χ3n) is 7.20. The predicted octanol–water partition coefficient (Wildman–Crippen LogP) is 3.38. The molecule has 2 aromatic carbocycles. The van der Waals surface area contributed by atoms with E-state index in [0.29, 0.717) is 30.8 Å². The van der Waals surface area contributed by atoms with Crippen LogP contribution in [0, 0.1) is 6.92 Å². The lowest BCUT2D eigenvalue weighted by molar-refractivity contribution is -0.166. The van der Waals surface area contributed by atoms with Crippen molar-refractivity contribution in [3.05, 3.63) is 77.4 Å². The quantitative estimate of drug-likeness (QED) is 0.145. The topological polar surface area (TPSA) is 155 Å². The minimum absolute atomic E-state index is 0.0351. The van der Waals surface area contributed by atoms with Gasteiger partial charge in [0.2, 0.25) is 0 Å². The number of cyclic esters (lactones) is 1. The van der Waals surface area contributed by atoms with Crippen molar-refractivity contribution >= 4 is 35.1 Å². The summed E-state index contributed by atoms with van der Waals surface area (Å²) in [6.45, 7) is 5.50. The molecule has 12 nitrogen and oxygen atoms in total. The fourth-order valence-electron chi connectivity index (χ4n) is 5.00. The van der Waals surface area contributed by atoms with Gasteiger partial charge in [-0.3, -0.25) is 19.2 Å². The second-order valence-electron chi connectivity index (χ2n) is 10.7. The maximum Gasteiger partial charge on any atom is 0.417 e. The smallest absolute Gasteiger partial charge is 0.417 e. The molecule has 2 aromatic rings. The van der Waals surface area contributed by atoms with Crippen molar-refractivity contribution in [2.75, 3.05) is 40.1 Å². The third-order valence-corrected chi connectivity index (χ3v) is 7.20. The molecule has 1 N–H and O–H groups in total. The number of carbonyl (C=O) groups excluding carboxylic acids is 5. The van der Waals surface area contributed by atoms with Crippen LogP contribution in [0.25, 0.3) is 5.57 Å². The molecule has 4 atom stereocenters. The minimum Gasteiger partial charge on any atom is -0.451 e. The van der Waals surface area contributed by atoms with E-state index in [1.54, 1.807) is 55.5 Å². The van der Waals surface area contributed by atoms with E-state index in [-0.39, 0.29) is 37.6 Å². The van der Waals surface area contributed by atoms with E-state index in [1.807, 2.05) is 13.0 Å². The van der Waals surface area contributed by atoms with Crippen LogP contribution in [0.15, 0.2) is 60.7 Å². The van der Waals surface area contributed by atoms with Crippen LogP contribution in [0.2, 0.25) is 0 Å². The number of allylic oxidation sites excluding steroid dienone is 1. The van der Waals surface area contributed by atoms with Crippen LogP contribution in [0.1, 0.15) is 49.5 Å². The molecule has 1 heterocycles. The molecule has 1 aliphatic heterocycles. The van der Waals surface area contributed by atoms with Gasteiger partial charge in [0.15, 0.2) is 23.8 Å². The van der Waals surface area contributed by atoms with E-state index in [2.05, 4.69) is 0 Å². The first-order valence-corrected chi connectivity index (χ1v) is 15.0. The van der Waals surface area contributed by atoms with Crippen molar-refractivity contribution in [1.29, 1.82) is 0 Å². The lowest BCUT2D eigenvalue weighted by Crippen LogP contribution is -2.52. The minimum atomic E-state index is -1.80. The van der Waals surface area contributed by atoms with E-state index in [1.165, 1.54) is 0 Å². The molecule has 0 saturated carbocycles. The van der Waals surface area contributed by atoms with Gasteiger partial charge < -0.3 is 28.8 Å². The molecule has 1 aliphatic rings. The molecule has 46 heavy (non-hydrogen) atoms. The Bertz CT molecular complexity index is 1390. The standard InChI is InChI=1S/C34H41NO11/c1-22-10-8-13-26(20-22)27(28(38)14-9-16-43-18-19-44-17-15-36)21-29(39)31(45-24(3)37)32(42-4)33(40)35-23(2)30(46-34(35)41)25-11-6-5-7-12-25/h5-8,10-13,20-21,23,30-32,36H,9,14-19H2,1-4H3/t23-,30-,31+,32-/m0/s1. The maximum atomic E-state index is 13.8. The summed E-state index contributed by atoms with van der Waals surface area (Å²) in [5, 5.41) is 8.76. The third kappa shape index (κ3) is 9.88. The van der Waals surface area contributed by atoms with Gasteiger partial charge in [-0.2, -0.15) is 0 Å². The number of carbonyl (C=O) groups is 5. The summed E-state index contributed by atoms with van der Waals surface area (Å²) in [5.41, 5.74) is 2.02. The number of ketones is 2. The second kappa shape index (κ2) is 18.1. The van der Waals surface area contributed by atoms with E-state index in [4.69, 9.17) is 28.8 Å². The van der Waals surface area contributed by atoms with Crippen LogP contribution in [-0.2, 0) is 42.9 Å². The number of hydrogen-bond acceptors (Lipinski definition) is 11. The summed E-state index contributed by atoms with van der Waals surface area (Å²) in [7, 11) is 1.15. The highest BCUT2D eigenvalue weighted by Crippen LogP contribution is 2.33. The van der Waals surface area contributed by atoms with Crippen LogP contribution in [0.4, 0.5) is 4.79 Å². The number of amides is 2. The average Bonchev–Trinajstić information content (AvgIpc) is 3.34. The van der Waals surface area contributed by atoms with Crippen molar-refractivity contribution in [3.8, 4) is 0 Å². The van der Waals surface area contributed by atoms with Gasteiger partial charge in [-0.25, -0.2) is 9.69 Å². The highest BCUT2D eigenvalue weighted by atomic mass is 16.6. The number of Topliss-reactive ketones (excluding diaryl/α,β-unsaturated/α-hetero) is 1. The Hall–Kier alpha value is -4.23. The first kappa shape index (κ1) is 36.2. The van der Waals surface area contributed by atoms with Gasteiger partial charge >= 0.3 is 12.1 Å². The summed E-state index contributed by atoms with van der Waals surface area (Å²) in [5.74, 6) is -3.06. The molecule has 0 unspecified atom stereocenters. The van der Waals surface area contributed by atoms with Crippen LogP contribution >= 0.6 is 0 Å². The summed E-state index contributed by atoms with van der Waals surface area (Å²) in [4.78, 5) is 66.9. The molecular weight excluding hydrogens is 598 g/mol. The summed E-state index contributed by atoms with van der Waals surface area (Å²) in [6.07, 6.45) is -3.79. The highest BCUT2D eigenvalue weighted by Gasteiger charge is 2.48. The number of aliphatic hydroxyl groups excluding tert-OH is 1. The number of ether oxygens (including phenoxy) is 5. The lowest BCUT2D eigenvalue weighted by atomic mass is 9.94. The van der Waals surface area contributed by atoms with Crippen LogP contribution in [-0.4, -0.2) is 97.9 Å². The first-order valence-electron chi connectivity index (χ1n) is 15.0. The predicted molar refractivity (Wildman–Crippen MR) is 165 cm³/mol. The second-order valence-corrected chi connectivity index (χ2v) is 10.7. The lowest BCUT2D eigenvalue weighted by Gasteiger charge is -2.27. The molecule has 0 radical (unpaired) electrons. The van der Waals surface area contributed by atoms with E-state index < -0.39 is 48.1 Å². The summed E-state index contributed by atoms with van der Waals surface area (Å²) < 4.78 is 26.8. The Morgan fingerprint density at radius 2 is 1.67 bits per heavy atom. The van der Waals surface area contributed by atoms with Crippen LogP contribution < -0.4 is 0 Å². The van der Waals surface area contributed by atoms with Gasteiger partial charge in [-0.05, 0) is 37.5 Å². The Labute approximate surface area is 268 Å². The fraction of sp³-hybridized carbons (Fsp3) is 0.441. The highest BCUT2D eigenvalue weighted by molar-refractivity contribution is 6.25. The van der Waals surface area contributed by atoms with E-state index in [9.17, 15) is 24.0 Å². The van der Waals surface area contributed by atoms with Gasteiger partial charge in [0.05, 0.1) is 32.5 Å². The molecule has 0 aliphatic carbocycles. The monoisotopic (exact) mass is 639 g/mol. The van der Waals surface area contributed by atoms with E-state index >= 15 is 0 Å². The van der Waals surface area contributed by atoms with Gasteiger partial charge in [0.1, 0.15) is 6.10 Å². The van der Waals surface area contributed by atoms with Gasteiger partial charge in [-0.1, -0.05) is 60.2 Å². The Balaban J connectivity index is 1.85. The molecule has 3 rings (SSSR count). The van der Waals surface area contributed by atoms with Crippen LogP contribution in [0.3, 0.4) is 0 Å². The van der Waals surface area contributed by atoms with Crippen molar-refractivity contribution < 1.29 is 52.8 Å². The number of benzene rings is 2. The average molecular weight is 640 g/mol. The zero-order valence-corrected chi connectivity index (χ0v) is 26.5. The largest absolute Gasteiger partial charge is 0.451 e. The maximum absolute atomic E-state index is 13.8. The van der Waals surface area contributed by atoms with Gasteiger partial charge in [0, 0.05) is 32.6 Å². The normalized spacial score (nSPS) is 17.7. The number of hydrogen-bond donors (Lipinski definition) is 1. The zero-order valence-electron chi connectivity index (χ0n) is 26.5. The summed E-state index contributed by atoms with van der Waals surface area (Å²) >= 11 is 0. The van der Waals surface area contributed by atoms with Gasteiger partial charge in [0.25, 0.3) is 5.91 Å².